The molecule has 3 aromatic rings. The monoisotopic (exact) mass is 474 g/mol. The van der Waals surface area contributed by atoms with Gasteiger partial charge >= 0.3 is 5.97 Å². The smallest absolute Gasteiger partial charge is 0.326 e. The summed E-state index contributed by atoms with van der Waals surface area (Å²) in [6, 6.07) is 21.7. The minimum absolute atomic E-state index is 0.000237. The van der Waals surface area contributed by atoms with E-state index in [-0.39, 0.29) is 6.42 Å². The minimum atomic E-state index is -1.16. The number of rotatable bonds is 5. The molecule has 1 fully saturated rings. The van der Waals surface area contributed by atoms with Crippen molar-refractivity contribution in [3.63, 3.8) is 0 Å². The van der Waals surface area contributed by atoms with Crippen molar-refractivity contribution in [3.8, 4) is 22.9 Å². The molecule has 0 spiro atoms. The number of aliphatic carboxylic acids is 1. The Balaban J connectivity index is 1.77. The van der Waals surface area contributed by atoms with Crippen LogP contribution in [0.25, 0.3) is 11.1 Å². The van der Waals surface area contributed by atoms with E-state index in [1.54, 1.807) is 62.6 Å². The number of carbonyl (C=O) groups is 2. The van der Waals surface area contributed by atoms with Crippen LogP contribution in [0.15, 0.2) is 72.8 Å². The number of ether oxygens (including phenoxy) is 1. The molecule has 1 saturated heterocycles. The summed E-state index contributed by atoms with van der Waals surface area (Å²) in [5, 5.41) is 20.3. The zero-order valence-electron chi connectivity index (χ0n) is 18.7. The van der Waals surface area contributed by atoms with E-state index in [2.05, 4.69) is 6.07 Å². The Hall–Kier alpha value is -3.82. The third kappa shape index (κ3) is 4.00. The van der Waals surface area contributed by atoms with Gasteiger partial charge < -0.3 is 14.7 Å². The van der Waals surface area contributed by atoms with Crippen molar-refractivity contribution in [1.82, 2.24) is 4.90 Å². The van der Waals surface area contributed by atoms with E-state index in [0.717, 1.165) is 11.1 Å². The zero-order chi connectivity index (χ0) is 24.5. The average Bonchev–Trinajstić information content (AvgIpc) is 3.18. The molecule has 172 valence electrons. The molecule has 0 saturated carbocycles. The summed E-state index contributed by atoms with van der Waals surface area (Å²) in [5.41, 5.74) is 1.48. The maximum absolute atomic E-state index is 13.7. The van der Waals surface area contributed by atoms with Crippen LogP contribution in [-0.2, 0) is 4.79 Å². The Morgan fingerprint density at radius 1 is 1.09 bits per heavy atom. The van der Waals surface area contributed by atoms with E-state index in [1.165, 1.54) is 4.90 Å². The SMILES string of the molecule is COc1ccccc1-c1ccc(C(=O)N2[C@@H](c3ccccc3Cl)[C@@](C)(C#N)C[C@H]2C(=O)O)cc1. The number of nitrogens with zero attached hydrogens (tertiary/aromatic N) is 2. The molecule has 1 aliphatic rings. The Bertz CT molecular complexity index is 1280. The number of hydrogen-bond acceptors (Lipinski definition) is 4. The molecule has 3 atom stereocenters. The van der Waals surface area contributed by atoms with Gasteiger partial charge in [-0.2, -0.15) is 5.26 Å². The van der Waals surface area contributed by atoms with Crippen molar-refractivity contribution in [2.75, 3.05) is 7.11 Å². The molecule has 4 rings (SSSR count). The van der Waals surface area contributed by atoms with Crippen molar-refractivity contribution in [1.29, 1.82) is 5.26 Å². The first-order valence-corrected chi connectivity index (χ1v) is 11.1. The largest absolute Gasteiger partial charge is 0.496 e. The van der Waals surface area contributed by atoms with E-state index in [1.807, 2.05) is 24.3 Å². The first kappa shape index (κ1) is 23.3. The molecular formula is C27H23ClN2O4. The highest BCUT2D eigenvalue weighted by Gasteiger charge is 2.55. The molecule has 1 amide bonds. The highest BCUT2D eigenvalue weighted by Crippen LogP contribution is 2.51. The fraction of sp³-hybridized carbons (Fsp3) is 0.222. The van der Waals surface area contributed by atoms with Gasteiger partial charge in [0.25, 0.3) is 5.91 Å². The summed E-state index contributed by atoms with van der Waals surface area (Å²) in [5.74, 6) is -0.923. The van der Waals surface area contributed by atoms with E-state index in [0.29, 0.717) is 21.9 Å². The lowest BCUT2D eigenvalue weighted by atomic mass is 9.79. The average molecular weight is 475 g/mol. The van der Waals surface area contributed by atoms with E-state index in [4.69, 9.17) is 16.3 Å². The van der Waals surface area contributed by atoms with E-state index < -0.39 is 29.4 Å². The summed E-state index contributed by atoms with van der Waals surface area (Å²) in [4.78, 5) is 27.2. The number of nitriles is 1. The van der Waals surface area contributed by atoms with Crippen LogP contribution in [0.1, 0.15) is 35.3 Å². The standard InChI is InChI=1S/C27H23ClN2O4/c1-27(16-29)15-22(26(32)33)30(24(27)20-8-3-5-9-21(20)28)25(31)18-13-11-17(12-14-18)19-7-4-6-10-23(19)34-2/h3-14,22,24H,15H2,1-2H3,(H,32,33)/t22-,24-,27+/m0/s1. The number of para-hydroxylation sites is 1. The topological polar surface area (TPSA) is 90.6 Å². The molecule has 0 aliphatic carbocycles. The third-order valence-corrected chi connectivity index (χ3v) is 6.70. The minimum Gasteiger partial charge on any atom is -0.496 e. The zero-order valence-corrected chi connectivity index (χ0v) is 19.5. The second-order valence-corrected chi connectivity index (χ2v) is 8.91. The van der Waals surface area contributed by atoms with E-state index >= 15 is 0 Å². The number of benzene rings is 3. The first-order chi connectivity index (χ1) is 16.3. The molecule has 1 heterocycles. The van der Waals surface area contributed by atoms with Crippen LogP contribution < -0.4 is 4.74 Å². The predicted octanol–water partition coefficient (Wildman–Crippen LogP) is 5.59. The third-order valence-electron chi connectivity index (χ3n) is 6.36. The maximum Gasteiger partial charge on any atom is 0.326 e. The van der Waals surface area contributed by atoms with Crippen molar-refractivity contribution < 1.29 is 19.4 Å². The number of likely N-dealkylation sites (tertiary alicyclic amines) is 1. The summed E-state index contributed by atoms with van der Waals surface area (Å²) in [6.07, 6.45) is -0.000237. The normalized spacial score (nSPS) is 21.6. The fourth-order valence-electron chi connectivity index (χ4n) is 4.68. The Labute approximate surface area is 203 Å². The lowest BCUT2D eigenvalue weighted by molar-refractivity contribution is -0.141. The van der Waals surface area contributed by atoms with Crippen molar-refractivity contribution >= 4 is 23.5 Å². The number of carboxylic acid groups (broad SMARTS) is 1. The quantitative estimate of drug-likeness (QED) is 0.520. The first-order valence-electron chi connectivity index (χ1n) is 10.8. The fourth-order valence-corrected chi connectivity index (χ4v) is 4.92. The van der Waals surface area contributed by atoms with Crippen LogP contribution in [-0.4, -0.2) is 35.0 Å². The number of carbonyl (C=O) groups excluding carboxylic acids is 1. The van der Waals surface area contributed by atoms with Gasteiger partial charge in [0.1, 0.15) is 11.8 Å². The molecule has 3 aromatic carbocycles. The molecule has 0 radical (unpaired) electrons. The van der Waals surface area contributed by atoms with Crippen molar-refractivity contribution in [3.05, 3.63) is 88.9 Å². The highest BCUT2D eigenvalue weighted by molar-refractivity contribution is 6.31. The summed E-state index contributed by atoms with van der Waals surface area (Å²) >= 11 is 6.44. The van der Waals surface area contributed by atoms with Crippen LogP contribution in [0.4, 0.5) is 0 Å². The van der Waals surface area contributed by atoms with Crippen molar-refractivity contribution in [2.45, 2.75) is 25.4 Å². The summed E-state index contributed by atoms with van der Waals surface area (Å²) in [6.45, 7) is 1.68. The van der Waals surface area contributed by atoms with Gasteiger partial charge in [-0.3, -0.25) is 4.79 Å². The van der Waals surface area contributed by atoms with Gasteiger partial charge in [-0.25, -0.2) is 4.79 Å². The highest BCUT2D eigenvalue weighted by atomic mass is 35.5. The van der Waals surface area contributed by atoms with Gasteiger partial charge in [0.15, 0.2) is 0 Å². The maximum atomic E-state index is 13.7. The van der Waals surface area contributed by atoms with Crippen LogP contribution >= 0.6 is 11.6 Å². The van der Waals surface area contributed by atoms with Crippen LogP contribution in [0.5, 0.6) is 5.75 Å². The molecule has 0 bridgehead atoms. The number of methoxy groups -OCH3 is 1. The lowest BCUT2D eigenvalue weighted by Gasteiger charge is -2.33. The van der Waals surface area contributed by atoms with Gasteiger partial charge in [0, 0.05) is 16.1 Å². The Kier molecular flexibility index (Phi) is 6.32. The van der Waals surface area contributed by atoms with Gasteiger partial charge in [-0.1, -0.05) is 60.1 Å². The molecule has 6 nitrogen and oxygen atoms in total. The Morgan fingerprint density at radius 2 is 1.74 bits per heavy atom. The molecule has 0 aromatic heterocycles. The van der Waals surface area contributed by atoms with Crippen molar-refractivity contribution in [2.24, 2.45) is 5.41 Å². The number of carboxylic acids is 1. The van der Waals surface area contributed by atoms with Crippen LogP contribution in [0.2, 0.25) is 5.02 Å². The molecular weight excluding hydrogens is 452 g/mol. The Morgan fingerprint density at radius 3 is 2.35 bits per heavy atom. The van der Waals surface area contributed by atoms with Gasteiger partial charge in [-0.15, -0.1) is 0 Å². The molecule has 7 heteroatoms. The van der Waals surface area contributed by atoms with Gasteiger partial charge in [-0.05, 0) is 48.7 Å². The van der Waals surface area contributed by atoms with Crippen LogP contribution in [0, 0.1) is 16.7 Å². The summed E-state index contributed by atoms with van der Waals surface area (Å²) < 4.78 is 5.43. The van der Waals surface area contributed by atoms with Gasteiger partial charge in [0.05, 0.1) is 24.6 Å². The molecule has 0 unspecified atom stereocenters. The number of halogens is 1. The molecule has 1 N–H and O–H groups in total. The predicted molar refractivity (Wildman–Crippen MR) is 129 cm³/mol. The second kappa shape index (κ2) is 9.20. The van der Waals surface area contributed by atoms with E-state index in [9.17, 15) is 20.0 Å². The number of amides is 1. The second-order valence-electron chi connectivity index (χ2n) is 8.50. The molecule has 34 heavy (non-hydrogen) atoms. The molecule has 1 aliphatic heterocycles. The number of hydrogen-bond donors (Lipinski definition) is 1. The summed E-state index contributed by atoms with van der Waals surface area (Å²) in [7, 11) is 1.59. The lowest BCUT2D eigenvalue weighted by Crippen LogP contribution is -2.42. The van der Waals surface area contributed by atoms with Gasteiger partial charge in [0.2, 0.25) is 0 Å². The van der Waals surface area contributed by atoms with Crippen LogP contribution in [0.3, 0.4) is 0 Å².